The number of hydrogen-bond acceptors (Lipinski definition) is 3. The van der Waals surface area contributed by atoms with Crippen molar-refractivity contribution in [3.63, 3.8) is 0 Å². The largest absolute Gasteiger partial charge is 0.335 e. The van der Waals surface area contributed by atoms with E-state index in [4.69, 9.17) is 0 Å². The molecule has 0 fully saturated rings. The highest BCUT2D eigenvalue weighted by atomic mass is 16.1. The molecule has 5 nitrogen and oxygen atoms in total. The van der Waals surface area contributed by atoms with E-state index in [9.17, 15) is 4.79 Å². The van der Waals surface area contributed by atoms with E-state index in [-0.39, 0.29) is 5.91 Å². The molecule has 3 rings (SSSR count). The van der Waals surface area contributed by atoms with Crippen LogP contribution in [0.5, 0.6) is 0 Å². The molecule has 0 saturated carbocycles. The second kappa shape index (κ2) is 6.91. The summed E-state index contributed by atoms with van der Waals surface area (Å²) in [5.74, 6) is -0.244. The number of anilines is 1. The van der Waals surface area contributed by atoms with Crippen LogP contribution in [0.15, 0.2) is 55.4 Å². The second-order valence-corrected chi connectivity index (χ2v) is 6.38. The van der Waals surface area contributed by atoms with Gasteiger partial charge < -0.3 is 14.8 Å². The van der Waals surface area contributed by atoms with Gasteiger partial charge in [0.05, 0.1) is 11.9 Å². The number of aryl methyl sites for hydroxylation is 1. The number of hydrogen-bond donors (Lipinski definition) is 1. The van der Waals surface area contributed by atoms with E-state index in [0.717, 1.165) is 28.7 Å². The lowest BCUT2D eigenvalue weighted by Crippen LogP contribution is -2.10. The molecule has 0 spiro atoms. The molecule has 128 valence electrons. The van der Waals surface area contributed by atoms with Gasteiger partial charge in [-0.3, -0.25) is 4.79 Å². The first-order chi connectivity index (χ1) is 12.0. The first-order valence-corrected chi connectivity index (χ1v) is 8.10. The van der Waals surface area contributed by atoms with E-state index in [1.165, 1.54) is 11.6 Å². The second-order valence-electron chi connectivity index (χ2n) is 6.38. The normalized spacial score (nSPS) is 11.0. The van der Waals surface area contributed by atoms with Crippen LogP contribution in [-0.4, -0.2) is 34.5 Å². The number of amides is 1. The Labute approximate surface area is 147 Å². The zero-order valence-electron chi connectivity index (χ0n) is 14.8. The Balaban J connectivity index is 2.01. The average Bonchev–Trinajstić information content (AvgIpc) is 2.91. The predicted octanol–water partition coefficient (Wildman–Crippen LogP) is 3.43. The van der Waals surface area contributed by atoms with Gasteiger partial charge in [-0.1, -0.05) is 30.8 Å². The molecule has 0 aliphatic carbocycles. The van der Waals surface area contributed by atoms with Gasteiger partial charge in [0.1, 0.15) is 5.65 Å². The number of aromatic nitrogens is 2. The highest BCUT2D eigenvalue weighted by Gasteiger charge is 2.11. The summed E-state index contributed by atoms with van der Waals surface area (Å²) < 4.78 is 2.00. The van der Waals surface area contributed by atoms with Crippen LogP contribution < -0.4 is 5.32 Å². The molecule has 0 aliphatic heterocycles. The summed E-state index contributed by atoms with van der Waals surface area (Å²) in [7, 11) is 6.09. The van der Waals surface area contributed by atoms with Crippen LogP contribution in [0.2, 0.25) is 0 Å². The monoisotopic (exact) mass is 334 g/mol. The standard InChI is InChI=1S/C20H22N4O/c1-5-19(25)22-16-10-17-18(13-24(4)20(17)21-11-16)15-8-6-14(7-9-15)12-23(2)3/h5-11,13H,1,12H2,2-4H3,(H,22,25). The summed E-state index contributed by atoms with van der Waals surface area (Å²) in [6.07, 6.45) is 4.98. The minimum absolute atomic E-state index is 0.244. The molecule has 1 aromatic carbocycles. The van der Waals surface area contributed by atoms with Crippen molar-refractivity contribution in [2.45, 2.75) is 6.54 Å². The van der Waals surface area contributed by atoms with Crippen LogP contribution in [0.3, 0.4) is 0 Å². The van der Waals surface area contributed by atoms with Gasteiger partial charge in [0.25, 0.3) is 0 Å². The molecule has 0 bridgehead atoms. The number of nitrogens with zero attached hydrogens (tertiary/aromatic N) is 3. The Morgan fingerprint density at radius 1 is 1.32 bits per heavy atom. The summed E-state index contributed by atoms with van der Waals surface area (Å²) >= 11 is 0. The number of fused-ring (bicyclic) bond motifs is 1. The number of carbonyl (C=O) groups is 1. The number of rotatable bonds is 5. The van der Waals surface area contributed by atoms with Crippen LogP contribution in [0.4, 0.5) is 5.69 Å². The molecule has 0 saturated heterocycles. The Morgan fingerprint density at radius 3 is 2.68 bits per heavy atom. The molecule has 1 N–H and O–H groups in total. The fourth-order valence-corrected chi connectivity index (χ4v) is 2.91. The highest BCUT2D eigenvalue weighted by molar-refractivity contribution is 6.01. The number of nitrogens with one attached hydrogen (secondary N) is 1. The first kappa shape index (κ1) is 16.9. The molecule has 3 aromatic rings. The van der Waals surface area contributed by atoms with E-state index in [0.29, 0.717) is 5.69 Å². The van der Waals surface area contributed by atoms with E-state index in [1.54, 1.807) is 6.20 Å². The zero-order chi connectivity index (χ0) is 18.0. The van der Waals surface area contributed by atoms with Crippen molar-refractivity contribution < 1.29 is 4.79 Å². The molecule has 0 unspecified atom stereocenters. The third kappa shape index (κ3) is 3.61. The minimum atomic E-state index is -0.244. The summed E-state index contributed by atoms with van der Waals surface area (Å²) in [5.41, 5.74) is 5.03. The summed E-state index contributed by atoms with van der Waals surface area (Å²) in [4.78, 5) is 18.2. The van der Waals surface area contributed by atoms with Crippen molar-refractivity contribution in [3.05, 3.63) is 60.9 Å². The fourth-order valence-electron chi connectivity index (χ4n) is 2.91. The van der Waals surface area contributed by atoms with Crippen LogP contribution in [0, 0.1) is 0 Å². The molecular formula is C20H22N4O. The van der Waals surface area contributed by atoms with Gasteiger partial charge in [0, 0.05) is 30.7 Å². The van der Waals surface area contributed by atoms with Crippen molar-refractivity contribution in [1.29, 1.82) is 0 Å². The smallest absolute Gasteiger partial charge is 0.247 e. The van der Waals surface area contributed by atoms with Crippen molar-refractivity contribution in [3.8, 4) is 11.1 Å². The molecule has 0 aliphatic rings. The van der Waals surface area contributed by atoms with Crippen LogP contribution in [-0.2, 0) is 18.4 Å². The fraction of sp³-hybridized carbons (Fsp3) is 0.200. The lowest BCUT2D eigenvalue weighted by Gasteiger charge is -2.10. The molecule has 0 radical (unpaired) electrons. The average molecular weight is 334 g/mol. The third-order valence-corrected chi connectivity index (χ3v) is 4.03. The van der Waals surface area contributed by atoms with Crippen molar-refractivity contribution in [2.75, 3.05) is 19.4 Å². The molecule has 2 aromatic heterocycles. The van der Waals surface area contributed by atoms with E-state index < -0.39 is 0 Å². The van der Waals surface area contributed by atoms with Gasteiger partial charge in [-0.05, 0) is 37.4 Å². The lowest BCUT2D eigenvalue weighted by atomic mass is 10.0. The zero-order valence-corrected chi connectivity index (χ0v) is 14.8. The molecular weight excluding hydrogens is 312 g/mol. The molecule has 2 heterocycles. The SMILES string of the molecule is C=CC(=O)Nc1cnc2c(c1)c(-c1ccc(CN(C)C)cc1)cn2C. The number of carbonyl (C=O) groups excluding carboxylic acids is 1. The van der Waals surface area contributed by atoms with Crippen LogP contribution in [0.1, 0.15) is 5.56 Å². The van der Waals surface area contributed by atoms with Gasteiger partial charge in [-0.25, -0.2) is 4.98 Å². The minimum Gasteiger partial charge on any atom is -0.335 e. The summed E-state index contributed by atoms with van der Waals surface area (Å²) in [5, 5.41) is 3.77. The van der Waals surface area contributed by atoms with E-state index in [2.05, 4.69) is 66.3 Å². The van der Waals surface area contributed by atoms with E-state index in [1.807, 2.05) is 17.7 Å². The maximum atomic E-state index is 11.5. The van der Waals surface area contributed by atoms with Gasteiger partial charge in [0.2, 0.25) is 5.91 Å². The maximum Gasteiger partial charge on any atom is 0.247 e. The predicted molar refractivity (Wildman–Crippen MR) is 102 cm³/mol. The third-order valence-electron chi connectivity index (χ3n) is 4.03. The van der Waals surface area contributed by atoms with Crippen LogP contribution in [0.25, 0.3) is 22.2 Å². The summed E-state index contributed by atoms with van der Waals surface area (Å²) in [6, 6.07) is 10.5. The van der Waals surface area contributed by atoms with Crippen molar-refractivity contribution in [1.82, 2.24) is 14.5 Å². The van der Waals surface area contributed by atoms with Gasteiger partial charge in [-0.2, -0.15) is 0 Å². The van der Waals surface area contributed by atoms with Gasteiger partial charge in [0.15, 0.2) is 0 Å². The molecule has 0 atom stereocenters. The maximum absolute atomic E-state index is 11.5. The number of pyridine rings is 1. The Kier molecular flexibility index (Phi) is 4.67. The Hall–Kier alpha value is -2.92. The molecule has 1 amide bonds. The van der Waals surface area contributed by atoms with Crippen molar-refractivity contribution >= 4 is 22.6 Å². The lowest BCUT2D eigenvalue weighted by molar-refractivity contribution is -0.111. The first-order valence-electron chi connectivity index (χ1n) is 8.10. The summed E-state index contributed by atoms with van der Waals surface area (Å²) in [6.45, 7) is 4.39. The highest BCUT2D eigenvalue weighted by Crippen LogP contribution is 2.31. The van der Waals surface area contributed by atoms with Crippen molar-refractivity contribution in [2.24, 2.45) is 7.05 Å². The van der Waals surface area contributed by atoms with Gasteiger partial charge >= 0.3 is 0 Å². The molecule has 25 heavy (non-hydrogen) atoms. The van der Waals surface area contributed by atoms with Crippen LogP contribution >= 0.6 is 0 Å². The Morgan fingerprint density at radius 2 is 2.04 bits per heavy atom. The van der Waals surface area contributed by atoms with E-state index >= 15 is 0 Å². The Bertz CT molecular complexity index is 923. The topological polar surface area (TPSA) is 50.2 Å². The van der Waals surface area contributed by atoms with Gasteiger partial charge in [-0.15, -0.1) is 0 Å². The number of benzene rings is 1. The quantitative estimate of drug-likeness (QED) is 0.727. The molecule has 5 heteroatoms.